The molecule has 3 aromatic carbocycles. The summed E-state index contributed by atoms with van der Waals surface area (Å²) in [4.78, 5) is 9.67. The Kier molecular flexibility index (Phi) is 4.83. The van der Waals surface area contributed by atoms with Crippen molar-refractivity contribution in [3.05, 3.63) is 107 Å². The molecular formula is C26H24N2O2. The number of aliphatic imine (C=N–C) groups is 2. The monoisotopic (exact) mass is 396 g/mol. The zero-order valence-corrected chi connectivity index (χ0v) is 17.1. The van der Waals surface area contributed by atoms with Crippen molar-refractivity contribution in [1.82, 2.24) is 0 Å². The number of rotatable bonds is 4. The van der Waals surface area contributed by atoms with Crippen LogP contribution in [0.3, 0.4) is 0 Å². The van der Waals surface area contributed by atoms with Crippen molar-refractivity contribution in [2.24, 2.45) is 9.98 Å². The van der Waals surface area contributed by atoms with Gasteiger partial charge in [0.1, 0.15) is 24.3 Å². The third-order valence-corrected chi connectivity index (χ3v) is 5.66. The topological polar surface area (TPSA) is 43.2 Å². The molecule has 5 rings (SSSR count). The van der Waals surface area contributed by atoms with Gasteiger partial charge < -0.3 is 9.47 Å². The molecule has 30 heavy (non-hydrogen) atoms. The van der Waals surface area contributed by atoms with Gasteiger partial charge in [0.25, 0.3) is 0 Å². The molecule has 4 unspecified atom stereocenters. The van der Waals surface area contributed by atoms with Crippen molar-refractivity contribution in [2.75, 3.05) is 0 Å². The van der Waals surface area contributed by atoms with E-state index in [0.29, 0.717) is 11.8 Å². The Morgan fingerprint density at radius 1 is 0.533 bits per heavy atom. The Bertz CT molecular complexity index is 987. The normalized spacial score (nSPS) is 25.3. The highest BCUT2D eigenvalue weighted by Crippen LogP contribution is 2.32. The van der Waals surface area contributed by atoms with Gasteiger partial charge in [-0.1, -0.05) is 60.7 Å². The molecule has 0 fully saturated rings. The lowest BCUT2D eigenvalue weighted by atomic mass is 10.0. The molecule has 3 aromatic rings. The molecule has 0 aromatic heterocycles. The van der Waals surface area contributed by atoms with E-state index in [4.69, 9.17) is 19.5 Å². The summed E-state index contributed by atoms with van der Waals surface area (Å²) in [6, 6.07) is 28.7. The van der Waals surface area contributed by atoms with Gasteiger partial charge >= 0.3 is 0 Å². The van der Waals surface area contributed by atoms with Gasteiger partial charge in [0.05, 0.1) is 0 Å². The van der Waals surface area contributed by atoms with Crippen LogP contribution in [0.25, 0.3) is 0 Å². The molecule has 0 spiro atoms. The number of hydrogen-bond donors (Lipinski definition) is 0. The van der Waals surface area contributed by atoms with Gasteiger partial charge in [-0.2, -0.15) is 0 Å². The summed E-state index contributed by atoms with van der Waals surface area (Å²) in [6.07, 6.45) is 0.0224. The summed E-state index contributed by atoms with van der Waals surface area (Å²) in [6.45, 7) is 4.13. The van der Waals surface area contributed by atoms with E-state index in [1.54, 1.807) is 0 Å². The Hall–Kier alpha value is -3.40. The summed E-state index contributed by atoms with van der Waals surface area (Å²) < 4.78 is 12.1. The first-order chi connectivity index (χ1) is 14.7. The maximum absolute atomic E-state index is 6.06. The van der Waals surface area contributed by atoms with E-state index in [1.165, 1.54) is 11.1 Å². The van der Waals surface area contributed by atoms with Crippen molar-refractivity contribution < 1.29 is 9.47 Å². The molecule has 0 amide bonds. The highest BCUT2D eigenvalue weighted by molar-refractivity contribution is 5.99. The van der Waals surface area contributed by atoms with E-state index >= 15 is 0 Å². The van der Waals surface area contributed by atoms with Crippen molar-refractivity contribution >= 4 is 11.8 Å². The standard InChI is InChI=1S/C26H24N2O2/c1-17-23(19-9-5-3-6-10-19)27-25(29-17)21-13-15-22(16-14-21)26-28-24(18(2)30-26)20-11-7-4-8-12-20/h3-18,23-24H,1-2H3. The van der Waals surface area contributed by atoms with Crippen LogP contribution in [0.4, 0.5) is 0 Å². The molecule has 4 nitrogen and oxygen atoms in total. The third kappa shape index (κ3) is 3.50. The van der Waals surface area contributed by atoms with Crippen LogP contribution >= 0.6 is 0 Å². The van der Waals surface area contributed by atoms with Crippen LogP contribution < -0.4 is 0 Å². The largest absolute Gasteiger partial charge is 0.472 e. The summed E-state index contributed by atoms with van der Waals surface area (Å²) in [5.74, 6) is 1.38. The second kappa shape index (κ2) is 7.79. The molecule has 2 aliphatic rings. The predicted octanol–water partition coefficient (Wildman–Crippen LogP) is 5.50. The molecule has 0 bridgehead atoms. The molecule has 2 aliphatic heterocycles. The highest BCUT2D eigenvalue weighted by Gasteiger charge is 2.31. The SMILES string of the molecule is CC1OC(c2ccc(C3=NC(c4ccccc4)C(C)O3)cc2)=NC1c1ccccc1. The Morgan fingerprint density at radius 3 is 1.27 bits per heavy atom. The predicted molar refractivity (Wildman–Crippen MR) is 119 cm³/mol. The minimum absolute atomic E-state index is 0.0112. The van der Waals surface area contributed by atoms with Crippen LogP contribution in [0, 0.1) is 0 Å². The average molecular weight is 396 g/mol. The fourth-order valence-corrected chi connectivity index (χ4v) is 4.04. The smallest absolute Gasteiger partial charge is 0.217 e. The zero-order chi connectivity index (χ0) is 20.5. The van der Waals surface area contributed by atoms with Gasteiger partial charge in [-0.15, -0.1) is 0 Å². The lowest BCUT2D eigenvalue weighted by Gasteiger charge is -2.13. The number of benzene rings is 3. The lowest BCUT2D eigenvalue weighted by Crippen LogP contribution is -2.13. The van der Waals surface area contributed by atoms with E-state index in [9.17, 15) is 0 Å². The van der Waals surface area contributed by atoms with Crippen LogP contribution in [0.5, 0.6) is 0 Å². The number of nitrogens with zero attached hydrogens (tertiary/aromatic N) is 2. The minimum Gasteiger partial charge on any atom is -0.472 e. The quantitative estimate of drug-likeness (QED) is 0.584. The van der Waals surface area contributed by atoms with Crippen molar-refractivity contribution in [3.63, 3.8) is 0 Å². The fraction of sp³-hybridized carbons (Fsp3) is 0.231. The Labute approximate surface area is 176 Å². The van der Waals surface area contributed by atoms with E-state index in [2.05, 4.69) is 38.1 Å². The number of ether oxygens (including phenoxy) is 2. The third-order valence-electron chi connectivity index (χ3n) is 5.66. The molecule has 0 saturated carbocycles. The van der Waals surface area contributed by atoms with Gasteiger partial charge in [-0.25, -0.2) is 9.98 Å². The molecular weight excluding hydrogens is 372 g/mol. The molecule has 0 radical (unpaired) electrons. The molecule has 4 heteroatoms. The summed E-state index contributed by atoms with van der Waals surface area (Å²) in [5.41, 5.74) is 4.28. The fourth-order valence-electron chi connectivity index (χ4n) is 4.04. The molecule has 0 aliphatic carbocycles. The molecule has 0 N–H and O–H groups in total. The van der Waals surface area contributed by atoms with Gasteiger partial charge in [-0.3, -0.25) is 0 Å². The molecule has 150 valence electrons. The molecule has 0 saturated heterocycles. The van der Waals surface area contributed by atoms with Crippen LogP contribution in [-0.2, 0) is 9.47 Å². The van der Waals surface area contributed by atoms with Gasteiger partial charge in [0.15, 0.2) is 0 Å². The second-order valence-electron chi connectivity index (χ2n) is 7.80. The molecule has 4 atom stereocenters. The Morgan fingerprint density at radius 2 is 0.900 bits per heavy atom. The average Bonchev–Trinajstić information content (AvgIpc) is 3.38. The minimum atomic E-state index is 0.0112. The lowest BCUT2D eigenvalue weighted by molar-refractivity contribution is 0.213. The van der Waals surface area contributed by atoms with Crippen LogP contribution in [0.2, 0.25) is 0 Å². The van der Waals surface area contributed by atoms with E-state index in [1.807, 2.05) is 60.7 Å². The van der Waals surface area contributed by atoms with Crippen LogP contribution in [0.15, 0.2) is 94.9 Å². The summed E-state index contributed by atoms with van der Waals surface area (Å²) >= 11 is 0. The summed E-state index contributed by atoms with van der Waals surface area (Å²) in [5, 5.41) is 0. The first-order valence-electron chi connectivity index (χ1n) is 10.4. The first kappa shape index (κ1) is 18.6. The van der Waals surface area contributed by atoms with Crippen molar-refractivity contribution in [1.29, 1.82) is 0 Å². The van der Waals surface area contributed by atoms with Crippen molar-refractivity contribution in [2.45, 2.75) is 38.1 Å². The highest BCUT2D eigenvalue weighted by atomic mass is 16.5. The van der Waals surface area contributed by atoms with Crippen LogP contribution in [0.1, 0.15) is 48.2 Å². The Balaban J connectivity index is 1.36. The maximum Gasteiger partial charge on any atom is 0.217 e. The van der Waals surface area contributed by atoms with Gasteiger partial charge in [0, 0.05) is 11.1 Å². The van der Waals surface area contributed by atoms with Gasteiger partial charge in [0.2, 0.25) is 11.8 Å². The summed E-state index contributed by atoms with van der Waals surface area (Å²) in [7, 11) is 0. The van der Waals surface area contributed by atoms with Gasteiger partial charge in [-0.05, 0) is 49.2 Å². The zero-order valence-electron chi connectivity index (χ0n) is 17.1. The van der Waals surface area contributed by atoms with Crippen LogP contribution in [-0.4, -0.2) is 24.0 Å². The van der Waals surface area contributed by atoms with E-state index in [0.717, 1.165) is 11.1 Å². The van der Waals surface area contributed by atoms with Crippen molar-refractivity contribution in [3.8, 4) is 0 Å². The molecule has 2 heterocycles. The van der Waals surface area contributed by atoms with E-state index in [-0.39, 0.29) is 24.3 Å². The number of hydrogen-bond acceptors (Lipinski definition) is 4. The van der Waals surface area contributed by atoms with E-state index < -0.39 is 0 Å². The maximum atomic E-state index is 6.06. The second-order valence-corrected chi connectivity index (χ2v) is 7.80. The first-order valence-corrected chi connectivity index (χ1v) is 10.4.